The van der Waals surface area contributed by atoms with Crippen LogP contribution in [-0.4, -0.2) is 4.98 Å². The van der Waals surface area contributed by atoms with Gasteiger partial charge in [0.05, 0.1) is 11.9 Å². The lowest BCUT2D eigenvalue weighted by molar-refractivity contribution is 1.13. The molecule has 0 spiro atoms. The minimum Gasteiger partial charge on any atom is -0.398 e. The van der Waals surface area contributed by atoms with Crippen molar-refractivity contribution in [2.45, 2.75) is 13.5 Å². The Balaban J connectivity index is 2.09. The Morgan fingerprint density at radius 1 is 1.25 bits per heavy atom. The molecule has 1 aromatic heterocycles. The van der Waals surface area contributed by atoms with E-state index in [4.69, 9.17) is 5.73 Å². The Labute approximate surface area is 95.3 Å². The van der Waals surface area contributed by atoms with Crippen molar-refractivity contribution in [3.05, 3.63) is 53.9 Å². The fraction of sp³-hybridized carbons (Fsp3) is 0.154. The quantitative estimate of drug-likeness (QED) is 0.770. The fourth-order valence-electron chi connectivity index (χ4n) is 1.53. The highest BCUT2D eigenvalue weighted by molar-refractivity contribution is 5.52. The highest BCUT2D eigenvalue weighted by atomic mass is 14.9. The molecule has 1 heterocycles. The van der Waals surface area contributed by atoms with Crippen LogP contribution in [0.2, 0.25) is 0 Å². The minimum absolute atomic E-state index is 0.721. The van der Waals surface area contributed by atoms with Crippen LogP contribution in [0.1, 0.15) is 11.1 Å². The summed E-state index contributed by atoms with van der Waals surface area (Å²) in [6, 6.07) is 9.84. The molecule has 0 radical (unpaired) electrons. The van der Waals surface area contributed by atoms with E-state index in [-0.39, 0.29) is 0 Å². The third-order valence-electron chi connectivity index (χ3n) is 2.56. The van der Waals surface area contributed by atoms with Gasteiger partial charge >= 0.3 is 0 Å². The van der Waals surface area contributed by atoms with E-state index in [1.807, 2.05) is 36.5 Å². The predicted octanol–water partition coefficient (Wildman–Crippen LogP) is 2.58. The van der Waals surface area contributed by atoms with Gasteiger partial charge in [-0.25, -0.2) is 0 Å². The molecule has 0 saturated carbocycles. The average Bonchev–Trinajstić information content (AvgIpc) is 2.30. The lowest BCUT2D eigenvalue weighted by Crippen LogP contribution is -2.03. The van der Waals surface area contributed by atoms with Gasteiger partial charge in [0.1, 0.15) is 0 Å². The van der Waals surface area contributed by atoms with E-state index in [9.17, 15) is 0 Å². The van der Waals surface area contributed by atoms with Crippen LogP contribution in [0.25, 0.3) is 0 Å². The molecule has 3 N–H and O–H groups in total. The number of nitrogens with one attached hydrogen (secondary N) is 1. The predicted molar refractivity (Wildman–Crippen MR) is 67.2 cm³/mol. The summed E-state index contributed by atoms with van der Waals surface area (Å²) in [5.41, 5.74) is 10.0. The first-order valence-corrected chi connectivity index (χ1v) is 5.25. The SMILES string of the molecule is Cc1ccncc1NCc1ccccc1N. The highest BCUT2D eigenvalue weighted by Crippen LogP contribution is 2.15. The number of aryl methyl sites for hydroxylation is 1. The van der Waals surface area contributed by atoms with Gasteiger partial charge in [-0.3, -0.25) is 4.98 Å². The number of para-hydroxylation sites is 1. The van der Waals surface area contributed by atoms with Gasteiger partial charge in [0.2, 0.25) is 0 Å². The van der Waals surface area contributed by atoms with Crippen LogP contribution in [0.5, 0.6) is 0 Å². The Bertz CT molecular complexity index is 435. The zero-order valence-electron chi connectivity index (χ0n) is 9.27. The Hall–Kier alpha value is -2.03. The molecule has 0 bridgehead atoms. The van der Waals surface area contributed by atoms with Crippen molar-refractivity contribution in [3.63, 3.8) is 0 Å². The molecular formula is C13H15N3. The van der Waals surface area contributed by atoms with Crippen molar-refractivity contribution in [1.82, 2.24) is 4.98 Å². The Morgan fingerprint density at radius 2 is 2.06 bits per heavy atom. The van der Waals surface area contributed by atoms with Crippen LogP contribution in [-0.2, 0) is 6.54 Å². The summed E-state index contributed by atoms with van der Waals surface area (Å²) < 4.78 is 0. The summed E-state index contributed by atoms with van der Waals surface area (Å²) >= 11 is 0. The summed E-state index contributed by atoms with van der Waals surface area (Å²) in [5, 5.41) is 3.33. The Kier molecular flexibility index (Phi) is 3.05. The van der Waals surface area contributed by atoms with E-state index in [0.717, 1.165) is 23.5 Å². The second-order valence-electron chi connectivity index (χ2n) is 3.74. The molecule has 3 heteroatoms. The number of hydrogen-bond acceptors (Lipinski definition) is 3. The van der Waals surface area contributed by atoms with Gasteiger partial charge in [0, 0.05) is 18.4 Å². The van der Waals surface area contributed by atoms with E-state index < -0.39 is 0 Å². The molecule has 2 rings (SSSR count). The molecule has 0 aliphatic rings. The number of hydrogen-bond donors (Lipinski definition) is 2. The largest absolute Gasteiger partial charge is 0.398 e. The molecule has 16 heavy (non-hydrogen) atoms. The van der Waals surface area contributed by atoms with Gasteiger partial charge in [-0.15, -0.1) is 0 Å². The van der Waals surface area contributed by atoms with Crippen LogP contribution < -0.4 is 11.1 Å². The third-order valence-corrected chi connectivity index (χ3v) is 2.56. The van der Waals surface area contributed by atoms with Crippen molar-refractivity contribution in [1.29, 1.82) is 0 Å². The molecule has 82 valence electrons. The minimum atomic E-state index is 0.721. The molecule has 2 aromatic rings. The molecule has 0 atom stereocenters. The zero-order valence-corrected chi connectivity index (χ0v) is 9.27. The van der Waals surface area contributed by atoms with Crippen LogP contribution in [0.3, 0.4) is 0 Å². The van der Waals surface area contributed by atoms with E-state index in [2.05, 4.69) is 17.2 Å². The summed E-state index contributed by atoms with van der Waals surface area (Å²) in [5.74, 6) is 0. The lowest BCUT2D eigenvalue weighted by atomic mass is 10.1. The van der Waals surface area contributed by atoms with Gasteiger partial charge in [-0.2, -0.15) is 0 Å². The maximum Gasteiger partial charge on any atom is 0.0559 e. The van der Waals surface area contributed by atoms with Gasteiger partial charge in [-0.05, 0) is 30.2 Å². The van der Waals surface area contributed by atoms with E-state index >= 15 is 0 Å². The van der Waals surface area contributed by atoms with Crippen LogP contribution in [0.15, 0.2) is 42.7 Å². The van der Waals surface area contributed by atoms with Crippen molar-refractivity contribution < 1.29 is 0 Å². The molecule has 1 aromatic carbocycles. The molecule has 3 nitrogen and oxygen atoms in total. The first kappa shape index (κ1) is 10.5. The molecular weight excluding hydrogens is 198 g/mol. The second kappa shape index (κ2) is 4.66. The van der Waals surface area contributed by atoms with Crippen molar-refractivity contribution in [2.75, 3.05) is 11.1 Å². The van der Waals surface area contributed by atoms with Gasteiger partial charge < -0.3 is 11.1 Å². The Morgan fingerprint density at radius 3 is 2.81 bits per heavy atom. The first-order valence-electron chi connectivity index (χ1n) is 5.25. The summed E-state index contributed by atoms with van der Waals surface area (Å²) in [7, 11) is 0. The van der Waals surface area contributed by atoms with Crippen molar-refractivity contribution >= 4 is 11.4 Å². The molecule has 0 saturated heterocycles. The van der Waals surface area contributed by atoms with Crippen molar-refractivity contribution in [3.8, 4) is 0 Å². The molecule has 0 unspecified atom stereocenters. The number of nitrogens with zero attached hydrogens (tertiary/aromatic N) is 1. The van der Waals surface area contributed by atoms with E-state index in [1.165, 1.54) is 5.56 Å². The monoisotopic (exact) mass is 213 g/mol. The average molecular weight is 213 g/mol. The molecule has 0 fully saturated rings. The second-order valence-corrected chi connectivity index (χ2v) is 3.74. The number of anilines is 2. The number of benzene rings is 1. The van der Waals surface area contributed by atoms with Gasteiger partial charge in [0.25, 0.3) is 0 Å². The first-order chi connectivity index (χ1) is 7.77. The topological polar surface area (TPSA) is 50.9 Å². The summed E-state index contributed by atoms with van der Waals surface area (Å²) in [6.07, 6.45) is 3.62. The number of nitrogens with two attached hydrogens (primary N) is 1. The van der Waals surface area contributed by atoms with Gasteiger partial charge in [0.15, 0.2) is 0 Å². The number of aromatic nitrogens is 1. The zero-order chi connectivity index (χ0) is 11.4. The standard InChI is InChI=1S/C13H15N3/c1-10-6-7-15-9-13(10)16-8-11-4-2-3-5-12(11)14/h2-7,9,16H,8,14H2,1H3. The maximum absolute atomic E-state index is 5.87. The molecule has 0 amide bonds. The third kappa shape index (κ3) is 2.31. The number of rotatable bonds is 3. The lowest BCUT2D eigenvalue weighted by Gasteiger charge is -2.10. The van der Waals surface area contributed by atoms with Gasteiger partial charge in [-0.1, -0.05) is 18.2 Å². The number of pyridine rings is 1. The molecule has 0 aliphatic carbocycles. The van der Waals surface area contributed by atoms with Crippen molar-refractivity contribution in [2.24, 2.45) is 0 Å². The van der Waals surface area contributed by atoms with Crippen LogP contribution in [0.4, 0.5) is 11.4 Å². The van der Waals surface area contributed by atoms with Crippen LogP contribution >= 0.6 is 0 Å². The summed E-state index contributed by atoms with van der Waals surface area (Å²) in [6.45, 7) is 2.78. The highest BCUT2D eigenvalue weighted by Gasteiger charge is 1.99. The van der Waals surface area contributed by atoms with E-state index in [0.29, 0.717) is 0 Å². The maximum atomic E-state index is 5.87. The summed E-state index contributed by atoms with van der Waals surface area (Å²) in [4.78, 5) is 4.09. The van der Waals surface area contributed by atoms with E-state index in [1.54, 1.807) is 6.20 Å². The molecule has 0 aliphatic heterocycles. The normalized spacial score (nSPS) is 10.1. The number of nitrogen functional groups attached to an aromatic ring is 1. The smallest absolute Gasteiger partial charge is 0.0559 e. The van der Waals surface area contributed by atoms with Crippen LogP contribution in [0, 0.1) is 6.92 Å². The fourth-order valence-corrected chi connectivity index (χ4v) is 1.53.